The van der Waals surface area contributed by atoms with Gasteiger partial charge in [-0.2, -0.15) is 0 Å². The fourth-order valence-electron chi connectivity index (χ4n) is 2.23. The Morgan fingerprint density at radius 3 is 2.57 bits per heavy atom. The highest BCUT2D eigenvalue weighted by molar-refractivity contribution is 5.77. The molecular formula is C18H28O3. The number of carbonyl (C=O) groups is 1. The number of methoxy groups -OCH3 is 1. The quantitative estimate of drug-likeness (QED) is 0.463. The van der Waals surface area contributed by atoms with E-state index in [9.17, 15) is 4.79 Å². The van der Waals surface area contributed by atoms with Gasteiger partial charge in [0, 0.05) is 0 Å². The molecular weight excluding hydrogens is 264 g/mol. The molecule has 0 amide bonds. The lowest BCUT2D eigenvalue weighted by molar-refractivity contribution is -0.145. The summed E-state index contributed by atoms with van der Waals surface area (Å²) in [7, 11) is 1.63. The molecule has 0 saturated carbocycles. The van der Waals surface area contributed by atoms with E-state index >= 15 is 0 Å². The summed E-state index contributed by atoms with van der Waals surface area (Å²) < 4.78 is 10.5. The van der Waals surface area contributed by atoms with Gasteiger partial charge in [-0.3, -0.25) is 4.79 Å². The molecule has 0 fully saturated rings. The lowest BCUT2D eigenvalue weighted by atomic mass is 10.0. The first-order valence-corrected chi connectivity index (χ1v) is 7.99. The SMILES string of the molecule is CCCCCCCCOC(=O)C(C)c1cccc(OC)c1. The molecule has 0 bridgehead atoms. The number of ether oxygens (including phenoxy) is 2. The topological polar surface area (TPSA) is 35.5 Å². The van der Waals surface area contributed by atoms with E-state index in [4.69, 9.17) is 9.47 Å². The maximum absolute atomic E-state index is 12.0. The third-order valence-corrected chi connectivity index (χ3v) is 3.69. The van der Waals surface area contributed by atoms with E-state index in [1.54, 1.807) is 7.11 Å². The molecule has 0 spiro atoms. The van der Waals surface area contributed by atoms with Gasteiger partial charge >= 0.3 is 5.97 Å². The first-order valence-electron chi connectivity index (χ1n) is 7.99. The van der Waals surface area contributed by atoms with Crippen molar-refractivity contribution in [2.24, 2.45) is 0 Å². The molecule has 1 unspecified atom stereocenters. The molecule has 118 valence electrons. The van der Waals surface area contributed by atoms with Crippen LogP contribution in [0.3, 0.4) is 0 Å². The monoisotopic (exact) mass is 292 g/mol. The van der Waals surface area contributed by atoms with Gasteiger partial charge in [0.2, 0.25) is 0 Å². The van der Waals surface area contributed by atoms with E-state index in [-0.39, 0.29) is 11.9 Å². The lowest BCUT2D eigenvalue weighted by Gasteiger charge is -2.12. The second-order valence-corrected chi connectivity index (χ2v) is 5.43. The van der Waals surface area contributed by atoms with Gasteiger partial charge < -0.3 is 9.47 Å². The largest absolute Gasteiger partial charge is 0.497 e. The summed E-state index contributed by atoms with van der Waals surface area (Å²) in [6.45, 7) is 4.61. The molecule has 0 aliphatic carbocycles. The maximum Gasteiger partial charge on any atom is 0.313 e. The van der Waals surface area contributed by atoms with Crippen LogP contribution in [0.4, 0.5) is 0 Å². The van der Waals surface area contributed by atoms with Crippen LogP contribution in [0.15, 0.2) is 24.3 Å². The van der Waals surface area contributed by atoms with Crippen LogP contribution in [-0.2, 0) is 9.53 Å². The zero-order chi connectivity index (χ0) is 15.5. The highest BCUT2D eigenvalue weighted by Gasteiger charge is 2.17. The molecule has 1 rings (SSSR count). The molecule has 21 heavy (non-hydrogen) atoms. The fourth-order valence-corrected chi connectivity index (χ4v) is 2.23. The van der Waals surface area contributed by atoms with Gasteiger partial charge in [-0.25, -0.2) is 0 Å². The van der Waals surface area contributed by atoms with Crippen LogP contribution in [-0.4, -0.2) is 19.7 Å². The highest BCUT2D eigenvalue weighted by atomic mass is 16.5. The third kappa shape index (κ3) is 6.65. The summed E-state index contributed by atoms with van der Waals surface area (Å²) in [6, 6.07) is 7.58. The zero-order valence-corrected chi connectivity index (χ0v) is 13.6. The third-order valence-electron chi connectivity index (χ3n) is 3.69. The van der Waals surface area contributed by atoms with Gasteiger partial charge in [0.25, 0.3) is 0 Å². The zero-order valence-electron chi connectivity index (χ0n) is 13.6. The van der Waals surface area contributed by atoms with Crippen LogP contribution < -0.4 is 4.74 Å². The molecule has 0 saturated heterocycles. The van der Waals surface area contributed by atoms with Gasteiger partial charge in [0.1, 0.15) is 5.75 Å². The molecule has 0 heterocycles. The summed E-state index contributed by atoms with van der Waals surface area (Å²) >= 11 is 0. The summed E-state index contributed by atoms with van der Waals surface area (Å²) in [5.41, 5.74) is 0.933. The average molecular weight is 292 g/mol. The number of carbonyl (C=O) groups excluding carboxylic acids is 1. The summed E-state index contributed by atoms with van der Waals surface area (Å²) in [5.74, 6) is 0.361. The Kier molecular flexibility index (Phi) is 8.56. The second kappa shape index (κ2) is 10.3. The Balaban J connectivity index is 2.27. The summed E-state index contributed by atoms with van der Waals surface area (Å²) in [5, 5.41) is 0. The number of rotatable bonds is 10. The van der Waals surface area contributed by atoms with Gasteiger partial charge in [0.05, 0.1) is 19.6 Å². The van der Waals surface area contributed by atoms with Gasteiger partial charge in [-0.15, -0.1) is 0 Å². The Hall–Kier alpha value is -1.51. The van der Waals surface area contributed by atoms with Crippen molar-refractivity contribution < 1.29 is 14.3 Å². The molecule has 3 nitrogen and oxygen atoms in total. The molecule has 1 aromatic carbocycles. The van der Waals surface area contributed by atoms with E-state index < -0.39 is 0 Å². The number of benzene rings is 1. The molecule has 0 aliphatic rings. The van der Waals surface area contributed by atoms with Crippen molar-refractivity contribution in [2.75, 3.05) is 13.7 Å². The van der Waals surface area contributed by atoms with Crippen molar-refractivity contribution in [2.45, 2.75) is 58.3 Å². The normalized spacial score (nSPS) is 12.0. The minimum absolute atomic E-state index is 0.156. The van der Waals surface area contributed by atoms with E-state index in [0.717, 1.165) is 24.2 Å². The van der Waals surface area contributed by atoms with Crippen molar-refractivity contribution in [3.05, 3.63) is 29.8 Å². The fraction of sp³-hybridized carbons (Fsp3) is 0.611. The molecule has 0 radical (unpaired) electrons. The number of esters is 1. The Morgan fingerprint density at radius 1 is 1.14 bits per heavy atom. The summed E-state index contributed by atoms with van der Waals surface area (Å²) in [4.78, 5) is 12.0. The van der Waals surface area contributed by atoms with E-state index in [2.05, 4.69) is 6.92 Å². The number of hydrogen-bond acceptors (Lipinski definition) is 3. The van der Waals surface area contributed by atoms with E-state index in [0.29, 0.717) is 6.61 Å². The second-order valence-electron chi connectivity index (χ2n) is 5.43. The van der Waals surface area contributed by atoms with Crippen molar-refractivity contribution in [3.63, 3.8) is 0 Å². The predicted octanol–water partition coefficient (Wildman–Crippen LogP) is 4.70. The van der Waals surface area contributed by atoms with E-state index in [1.807, 2.05) is 31.2 Å². The van der Waals surface area contributed by atoms with Crippen LogP contribution in [0.5, 0.6) is 5.75 Å². The van der Waals surface area contributed by atoms with Crippen LogP contribution in [0, 0.1) is 0 Å². The van der Waals surface area contributed by atoms with Crippen molar-refractivity contribution in [1.29, 1.82) is 0 Å². The first kappa shape index (κ1) is 17.5. The van der Waals surface area contributed by atoms with E-state index in [1.165, 1.54) is 25.7 Å². The molecule has 1 atom stereocenters. The molecule has 3 heteroatoms. The first-order chi connectivity index (χ1) is 10.2. The van der Waals surface area contributed by atoms with Gasteiger partial charge in [-0.1, -0.05) is 51.2 Å². The molecule has 0 aliphatic heterocycles. The van der Waals surface area contributed by atoms with Crippen LogP contribution in [0.2, 0.25) is 0 Å². The Labute approximate surface area is 128 Å². The van der Waals surface area contributed by atoms with Gasteiger partial charge in [-0.05, 0) is 31.0 Å². The standard InChI is InChI=1S/C18H28O3/c1-4-5-6-7-8-9-13-21-18(19)15(2)16-11-10-12-17(14-16)20-3/h10-12,14-15H,4-9,13H2,1-3H3. The lowest BCUT2D eigenvalue weighted by Crippen LogP contribution is -2.14. The van der Waals surface area contributed by atoms with Crippen LogP contribution >= 0.6 is 0 Å². The smallest absolute Gasteiger partial charge is 0.313 e. The van der Waals surface area contributed by atoms with Crippen LogP contribution in [0.1, 0.15) is 63.9 Å². The van der Waals surface area contributed by atoms with Crippen molar-refractivity contribution in [3.8, 4) is 5.75 Å². The average Bonchev–Trinajstić information content (AvgIpc) is 2.53. The molecule has 1 aromatic rings. The summed E-state index contributed by atoms with van der Waals surface area (Å²) in [6.07, 6.45) is 7.17. The van der Waals surface area contributed by atoms with Gasteiger partial charge in [0.15, 0.2) is 0 Å². The maximum atomic E-state index is 12.0. The minimum atomic E-state index is -0.250. The Morgan fingerprint density at radius 2 is 1.86 bits per heavy atom. The molecule has 0 aromatic heterocycles. The predicted molar refractivity (Wildman–Crippen MR) is 85.7 cm³/mol. The minimum Gasteiger partial charge on any atom is -0.497 e. The highest BCUT2D eigenvalue weighted by Crippen LogP contribution is 2.21. The number of unbranched alkanes of at least 4 members (excludes halogenated alkanes) is 5. The Bertz CT molecular complexity index is 415. The van der Waals surface area contributed by atoms with Crippen LogP contribution in [0.25, 0.3) is 0 Å². The number of hydrogen-bond donors (Lipinski definition) is 0. The molecule has 0 N–H and O–H groups in total. The van der Waals surface area contributed by atoms with Crippen molar-refractivity contribution in [1.82, 2.24) is 0 Å². The van der Waals surface area contributed by atoms with Crippen molar-refractivity contribution >= 4 is 5.97 Å².